The smallest absolute Gasteiger partial charge is 0.181 e. The van der Waals surface area contributed by atoms with Crippen molar-refractivity contribution in [1.29, 1.82) is 0 Å². The molecule has 0 spiro atoms. The van der Waals surface area contributed by atoms with Crippen molar-refractivity contribution in [3.8, 4) is 11.5 Å². The third-order valence-electron chi connectivity index (χ3n) is 5.32. The van der Waals surface area contributed by atoms with Crippen molar-refractivity contribution in [2.45, 2.75) is 13.0 Å². The number of benzene rings is 2. The van der Waals surface area contributed by atoms with E-state index in [1.165, 1.54) is 5.56 Å². The van der Waals surface area contributed by atoms with Crippen LogP contribution in [-0.4, -0.2) is 38.7 Å². The zero-order valence-electron chi connectivity index (χ0n) is 18.5. The maximum absolute atomic E-state index is 5.97. The minimum absolute atomic E-state index is 0.233. The Kier molecular flexibility index (Phi) is 6.56. The summed E-state index contributed by atoms with van der Waals surface area (Å²) in [5.74, 6) is 1.57. The van der Waals surface area contributed by atoms with E-state index in [2.05, 4.69) is 54.6 Å². The summed E-state index contributed by atoms with van der Waals surface area (Å²) in [5.41, 5.74) is 3.36. The molecule has 2 aromatic carbocycles. The van der Waals surface area contributed by atoms with Crippen LogP contribution in [0.3, 0.4) is 0 Å². The fraction of sp³-hybridized carbons (Fsp3) is 0.222. The van der Waals surface area contributed by atoms with Gasteiger partial charge in [0.1, 0.15) is 19.3 Å². The summed E-state index contributed by atoms with van der Waals surface area (Å²) in [6.07, 6.45) is 10.4. The number of allylic oxidation sites excluding steroid dienone is 1. The number of rotatable bonds is 8. The van der Waals surface area contributed by atoms with Crippen LogP contribution in [0, 0.1) is 0 Å². The molecule has 2 aliphatic heterocycles. The van der Waals surface area contributed by atoms with E-state index < -0.39 is 0 Å². The number of hydrogen-bond donors (Lipinski definition) is 0. The highest BCUT2D eigenvalue weighted by molar-refractivity contribution is 7.15. The van der Waals surface area contributed by atoms with Gasteiger partial charge in [0, 0.05) is 0 Å². The molecular formula is C27H26N2O3S. The molecule has 3 heterocycles. The van der Waals surface area contributed by atoms with E-state index in [1.807, 2.05) is 42.4 Å². The predicted octanol–water partition coefficient (Wildman–Crippen LogP) is 5.96. The number of hydrazone groups is 1. The highest BCUT2D eigenvalue weighted by Crippen LogP contribution is 2.44. The number of fused-ring (bicyclic) bond motifs is 1. The van der Waals surface area contributed by atoms with Crippen LogP contribution >= 0.6 is 11.3 Å². The number of anilines is 1. The number of para-hydroxylation sites is 1. The predicted molar refractivity (Wildman–Crippen MR) is 137 cm³/mol. The van der Waals surface area contributed by atoms with Gasteiger partial charge in [0.25, 0.3) is 0 Å². The summed E-state index contributed by atoms with van der Waals surface area (Å²) in [6, 6.07) is 18.6. The summed E-state index contributed by atoms with van der Waals surface area (Å²) >= 11 is 1.62. The van der Waals surface area contributed by atoms with Gasteiger partial charge in [-0.2, -0.15) is 5.10 Å². The maximum Gasteiger partial charge on any atom is 0.181 e. The maximum atomic E-state index is 5.97. The molecule has 2 aliphatic rings. The average molecular weight is 459 g/mol. The Labute approximate surface area is 198 Å². The van der Waals surface area contributed by atoms with Gasteiger partial charge >= 0.3 is 0 Å². The Morgan fingerprint density at radius 2 is 1.58 bits per heavy atom. The van der Waals surface area contributed by atoms with Crippen molar-refractivity contribution in [3.63, 3.8) is 0 Å². The molecule has 0 N–H and O–H groups in total. The first-order chi connectivity index (χ1) is 16.3. The molecule has 1 atom stereocenters. The third kappa shape index (κ3) is 5.35. The first-order valence-corrected chi connectivity index (χ1v) is 11.9. The lowest BCUT2D eigenvalue weighted by Crippen LogP contribution is -2.22. The fourth-order valence-corrected chi connectivity index (χ4v) is 4.54. The second-order valence-corrected chi connectivity index (χ2v) is 8.89. The lowest BCUT2D eigenvalue weighted by atomic mass is 10.1. The lowest BCUT2D eigenvalue weighted by Gasteiger charge is -2.18. The van der Waals surface area contributed by atoms with Gasteiger partial charge in [0.2, 0.25) is 0 Å². The quantitative estimate of drug-likeness (QED) is 0.237. The largest absolute Gasteiger partial charge is 0.485 e. The molecule has 1 saturated heterocycles. The van der Waals surface area contributed by atoms with Crippen LogP contribution < -0.4 is 14.5 Å². The Bertz CT molecular complexity index is 1160. The lowest BCUT2D eigenvalue weighted by molar-refractivity contribution is 0.173. The molecule has 0 radical (unpaired) electrons. The van der Waals surface area contributed by atoms with Gasteiger partial charge in [0.05, 0.1) is 34.8 Å². The zero-order valence-corrected chi connectivity index (χ0v) is 19.3. The standard InChI is InChI=1S/C27H26N2O3S/c1-2-6-20-9-11-21(12-10-20)13-14-24-26-27(31-16-15-30-26)25(33-24)17-28-29(18-23-19-32-23)22-7-4-3-5-8-22/h2-14,17,23H,15-16,18-19H2,1H3/b6-2+,14-13+,28-17+. The number of ether oxygens (including phenoxy) is 3. The second kappa shape index (κ2) is 10.1. The molecular weight excluding hydrogens is 432 g/mol. The topological polar surface area (TPSA) is 46.6 Å². The van der Waals surface area contributed by atoms with Crippen LogP contribution in [0.15, 0.2) is 65.8 Å². The van der Waals surface area contributed by atoms with E-state index in [4.69, 9.17) is 19.3 Å². The van der Waals surface area contributed by atoms with Crippen LogP contribution in [0.2, 0.25) is 0 Å². The van der Waals surface area contributed by atoms with Gasteiger partial charge in [-0.15, -0.1) is 11.3 Å². The average Bonchev–Trinajstić information content (AvgIpc) is 3.62. The zero-order chi connectivity index (χ0) is 22.5. The first-order valence-electron chi connectivity index (χ1n) is 11.1. The monoisotopic (exact) mass is 458 g/mol. The van der Waals surface area contributed by atoms with E-state index in [1.54, 1.807) is 11.3 Å². The van der Waals surface area contributed by atoms with Crippen molar-refractivity contribution in [3.05, 3.63) is 81.6 Å². The fourth-order valence-electron chi connectivity index (χ4n) is 3.58. The molecule has 33 heavy (non-hydrogen) atoms. The van der Waals surface area contributed by atoms with Crippen LogP contribution in [0.4, 0.5) is 5.69 Å². The van der Waals surface area contributed by atoms with E-state index in [-0.39, 0.29) is 6.10 Å². The van der Waals surface area contributed by atoms with Crippen molar-refractivity contribution in [2.24, 2.45) is 5.10 Å². The Morgan fingerprint density at radius 3 is 2.24 bits per heavy atom. The van der Waals surface area contributed by atoms with E-state index in [0.29, 0.717) is 13.2 Å². The SMILES string of the molecule is C/C=C/c1ccc(/C=C/c2sc(/C=N/N(CC3CO3)c3ccccc3)c3c2OCCO3)cc1. The molecule has 1 unspecified atom stereocenters. The van der Waals surface area contributed by atoms with Crippen molar-refractivity contribution in [1.82, 2.24) is 0 Å². The highest BCUT2D eigenvalue weighted by Gasteiger charge is 2.26. The molecule has 168 valence electrons. The van der Waals surface area contributed by atoms with Gasteiger partial charge in [-0.05, 0) is 36.3 Å². The minimum atomic E-state index is 0.233. The summed E-state index contributed by atoms with van der Waals surface area (Å²) in [7, 11) is 0. The normalized spacial score (nSPS) is 17.3. The van der Waals surface area contributed by atoms with E-state index in [0.717, 1.165) is 45.7 Å². The van der Waals surface area contributed by atoms with Crippen molar-refractivity contribution in [2.75, 3.05) is 31.4 Å². The van der Waals surface area contributed by atoms with Crippen LogP contribution in [0.1, 0.15) is 27.8 Å². The molecule has 0 aliphatic carbocycles. The molecule has 1 fully saturated rings. The summed E-state index contributed by atoms with van der Waals surface area (Å²) < 4.78 is 17.4. The van der Waals surface area contributed by atoms with Gasteiger partial charge in [-0.25, -0.2) is 0 Å². The van der Waals surface area contributed by atoms with Crippen LogP contribution in [0.5, 0.6) is 11.5 Å². The molecule has 6 heteroatoms. The number of hydrogen-bond acceptors (Lipinski definition) is 6. The van der Waals surface area contributed by atoms with Gasteiger partial charge in [-0.1, -0.05) is 60.7 Å². The molecule has 0 bridgehead atoms. The van der Waals surface area contributed by atoms with E-state index in [9.17, 15) is 0 Å². The van der Waals surface area contributed by atoms with Crippen LogP contribution in [-0.2, 0) is 4.74 Å². The minimum Gasteiger partial charge on any atom is -0.485 e. The molecule has 0 amide bonds. The summed E-state index contributed by atoms with van der Waals surface area (Å²) in [4.78, 5) is 1.98. The molecule has 3 aromatic rings. The Balaban J connectivity index is 1.40. The number of thiophene rings is 1. The van der Waals surface area contributed by atoms with Crippen LogP contribution in [0.25, 0.3) is 18.2 Å². The summed E-state index contributed by atoms with van der Waals surface area (Å²) in [5, 5.41) is 6.77. The molecule has 5 rings (SSSR count). The van der Waals surface area contributed by atoms with Gasteiger partial charge < -0.3 is 14.2 Å². The highest BCUT2D eigenvalue weighted by atomic mass is 32.1. The second-order valence-electron chi connectivity index (χ2n) is 7.80. The molecule has 5 nitrogen and oxygen atoms in total. The van der Waals surface area contributed by atoms with E-state index >= 15 is 0 Å². The van der Waals surface area contributed by atoms with Gasteiger partial charge in [0.15, 0.2) is 11.5 Å². The molecule has 0 saturated carbocycles. The van der Waals surface area contributed by atoms with Crippen molar-refractivity contribution < 1.29 is 14.2 Å². The van der Waals surface area contributed by atoms with Crippen molar-refractivity contribution >= 4 is 41.5 Å². The summed E-state index contributed by atoms with van der Waals surface area (Å²) in [6.45, 7) is 4.62. The third-order valence-corrected chi connectivity index (χ3v) is 6.37. The first kappa shape index (κ1) is 21.5. The Hall–Kier alpha value is -3.35. The number of epoxide rings is 1. The van der Waals surface area contributed by atoms with Gasteiger partial charge in [-0.3, -0.25) is 5.01 Å². The number of nitrogens with zero attached hydrogens (tertiary/aromatic N) is 2. The molecule has 1 aromatic heterocycles. The Morgan fingerprint density at radius 1 is 0.909 bits per heavy atom.